The molecule has 0 spiro atoms. The Morgan fingerprint density at radius 2 is 2.21 bits per heavy atom. The molecule has 2 atom stereocenters. The van der Waals surface area contributed by atoms with Crippen LogP contribution in [0.15, 0.2) is 0 Å². The summed E-state index contributed by atoms with van der Waals surface area (Å²) in [7, 11) is 0. The van der Waals surface area contributed by atoms with Gasteiger partial charge in [-0.1, -0.05) is 11.3 Å². The molecule has 2 aliphatic carbocycles. The van der Waals surface area contributed by atoms with E-state index in [1.807, 2.05) is 4.90 Å². The smallest absolute Gasteiger partial charge is 0.268 e. The number of fused-ring (bicyclic) bond motifs is 2. The average molecular weight is 278 g/mol. The van der Waals surface area contributed by atoms with Gasteiger partial charge in [0, 0.05) is 18.6 Å². The first-order valence-electron chi connectivity index (χ1n) is 7.04. The van der Waals surface area contributed by atoms with E-state index >= 15 is 0 Å². The molecule has 3 aliphatic rings. The molecule has 6 heteroatoms. The Morgan fingerprint density at radius 3 is 2.84 bits per heavy atom. The van der Waals surface area contributed by atoms with E-state index in [0.717, 1.165) is 18.1 Å². The molecule has 1 aromatic heterocycles. The van der Waals surface area contributed by atoms with Crippen LogP contribution in [0.5, 0.6) is 0 Å². The predicted octanol–water partition coefficient (Wildman–Crippen LogP) is 1.92. The maximum atomic E-state index is 12.6. The van der Waals surface area contributed by atoms with Crippen molar-refractivity contribution in [1.82, 2.24) is 9.88 Å². The topological polar surface area (TPSA) is 71.2 Å². The number of piperidine rings is 1. The van der Waals surface area contributed by atoms with Crippen LogP contribution in [0.2, 0.25) is 0 Å². The summed E-state index contributed by atoms with van der Waals surface area (Å²) in [5, 5.41) is 4.11. The van der Waals surface area contributed by atoms with Gasteiger partial charge < -0.3 is 16.0 Å². The van der Waals surface area contributed by atoms with Crippen molar-refractivity contribution in [3.8, 4) is 0 Å². The van der Waals surface area contributed by atoms with Crippen LogP contribution >= 0.6 is 11.3 Å². The molecule has 2 bridgehead atoms. The number of rotatable bonds is 3. The summed E-state index contributed by atoms with van der Waals surface area (Å²) in [5.41, 5.74) is 5.92. The molecular weight excluding hydrogens is 260 g/mol. The number of thiazole rings is 1. The van der Waals surface area contributed by atoms with Crippen molar-refractivity contribution in [2.24, 2.45) is 5.92 Å². The molecule has 2 unspecified atom stereocenters. The van der Waals surface area contributed by atoms with E-state index in [0.29, 0.717) is 28.7 Å². The van der Waals surface area contributed by atoms with Crippen LogP contribution in [0.3, 0.4) is 0 Å². The molecule has 2 saturated carbocycles. The zero-order chi connectivity index (χ0) is 13.0. The lowest BCUT2D eigenvalue weighted by Crippen LogP contribution is -2.37. The van der Waals surface area contributed by atoms with Gasteiger partial charge >= 0.3 is 0 Å². The van der Waals surface area contributed by atoms with Crippen LogP contribution < -0.4 is 11.1 Å². The van der Waals surface area contributed by atoms with Crippen molar-refractivity contribution in [2.45, 2.75) is 44.2 Å². The molecular formula is C13H18N4OS. The van der Waals surface area contributed by atoms with Crippen molar-refractivity contribution in [3.05, 3.63) is 4.88 Å². The maximum Gasteiger partial charge on any atom is 0.268 e. The van der Waals surface area contributed by atoms with E-state index in [1.54, 1.807) is 0 Å². The fourth-order valence-electron chi connectivity index (χ4n) is 3.25. The number of amides is 1. The summed E-state index contributed by atoms with van der Waals surface area (Å²) in [5.74, 6) is 1.19. The number of aromatic nitrogens is 1. The first-order chi connectivity index (χ1) is 9.20. The highest BCUT2D eigenvalue weighted by Crippen LogP contribution is 2.39. The molecule has 1 amide bonds. The van der Waals surface area contributed by atoms with Gasteiger partial charge in [0.05, 0.1) is 0 Å². The molecule has 1 aliphatic heterocycles. The van der Waals surface area contributed by atoms with Gasteiger partial charge in [0.2, 0.25) is 0 Å². The maximum absolute atomic E-state index is 12.6. The fourth-order valence-corrected chi connectivity index (χ4v) is 4.17. The second kappa shape index (κ2) is 4.10. The molecule has 1 saturated heterocycles. The Kier molecular flexibility index (Phi) is 2.48. The number of nitrogens with two attached hydrogens (primary N) is 1. The van der Waals surface area contributed by atoms with Gasteiger partial charge in [-0.25, -0.2) is 4.98 Å². The van der Waals surface area contributed by atoms with Crippen LogP contribution in [0.4, 0.5) is 10.9 Å². The van der Waals surface area contributed by atoms with Gasteiger partial charge in [-0.2, -0.15) is 0 Å². The number of anilines is 2. The van der Waals surface area contributed by atoms with Crippen molar-refractivity contribution in [2.75, 3.05) is 17.6 Å². The number of hydrogen-bond donors (Lipinski definition) is 2. The number of nitrogens with zero attached hydrogens (tertiary/aromatic N) is 2. The molecule has 3 N–H and O–H groups in total. The minimum absolute atomic E-state index is 0.0889. The third-order valence-corrected chi connectivity index (χ3v) is 5.41. The quantitative estimate of drug-likeness (QED) is 0.886. The summed E-state index contributed by atoms with van der Waals surface area (Å²) in [6.07, 6.45) is 6.00. The van der Waals surface area contributed by atoms with E-state index in [1.165, 1.54) is 37.0 Å². The molecule has 0 radical (unpaired) electrons. The van der Waals surface area contributed by atoms with Crippen molar-refractivity contribution >= 4 is 28.2 Å². The lowest BCUT2D eigenvalue weighted by atomic mass is 10.1. The molecule has 19 heavy (non-hydrogen) atoms. The van der Waals surface area contributed by atoms with Gasteiger partial charge in [-0.3, -0.25) is 4.79 Å². The highest BCUT2D eigenvalue weighted by molar-refractivity contribution is 7.18. The lowest BCUT2D eigenvalue weighted by molar-refractivity contribution is 0.0709. The van der Waals surface area contributed by atoms with Gasteiger partial charge in [0.15, 0.2) is 5.13 Å². The van der Waals surface area contributed by atoms with Crippen LogP contribution in [-0.2, 0) is 0 Å². The first kappa shape index (κ1) is 11.5. The Morgan fingerprint density at radius 1 is 1.37 bits per heavy atom. The zero-order valence-corrected chi connectivity index (χ0v) is 11.6. The highest BCUT2D eigenvalue weighted by atomic mass is 32.1. The normalized spacial score (nSPS) is 28.9. The summed E-state index contributed by atoms with van der Waals surface area (Å²) >= 11 is 1.41. The first-order valence-corrected chi connectivity index (χ1v) is 7.86. The van der Waals surface area contributed by atoms with Gasteiger partial charge in [0.25, 0.3) is 5.91 Å². The zero-order valence-electron chi connectivity index (χ0n) is 10.8. The largest absolute Gasteiger partial charge is 0.382 e. The SMILES string of the molecule is Nc1nc(NC2CC2)sc1C(=O)N1CC2CCC1C2. The molecule has 1 aromatic rings. The fraction of sp³-hybridized carbons (Fsp3) is 0.692. The third kappa shape index (κ3) is 1.98. The Labute approximate surface area is 116 Å². The Balaban J connectivity index is 1.54. The van der Waals surface area contributed by atoms with Gasteiger partial charge in [-0.05, 0) is 38.0 Å². The minimum atomic E-state index is 0.0889. The number of carbonyl (C=O) groups is 1. The molecule has 0 aromatic carbocycles. The van der Waals surface area contributed by atoms with E-state index in [9.17, 15) is 4.79 Å². The van der Waals surface area contributed by atoms with Crippen LogP contribution in [-0.4, -0.2) is 34.4 Å². The van der Waals surface area contributed by atoms with Crippen molar-refractivity contribution < 1.29 is 4.79 Å². The monoisotopic (exact) mass is 278 g/mol. The predicted molar refractivity (Wildman–Crippen MR) is 75.3 cm³/mol. The van der Waals surface area contributed by atoms with Crippen LogP contribution in [0, 0.1) is 5.92 Å². The second-order valence-corrected chi connectivity index (χ2v) is 6.94. The second-order valence-electron chi connectivity index (χ2n) is 5.94. The number of nitrogens with one attached hydrogen (secondary N) is 1. The number of hydrogen-bond acceptors (Lipinski definition) is 5. The summed E-state index contributed by atoms with van der Waals surface area (Å²) in [6, 6.07) is 0.982. The van der Waals surface area contributed by atoms with E-state index < -0.39 is 0 Å². The molecule has 2 heterocycles. The van der Waals surface area contributed by atoms with E-state index in [2.05, 4.69) is 10.3 Å². The number of carbonyl (C=O) groups excluding carboxylic acids is 1. The highest BCUT2D eigenvalue weighted by Gasteiger charge is 2.41. The van der Waals surface area contributed by atoms with Crippen molar-refractivity contribution in [1.29, 1.82) is 0 Å². The average Bonchev–Trinajstić information content (AvgIpc) is 2.84. The summed E-state index contributed by atoms with van der Waals surface area (Å²) < 4.78 is 0. The molecule has 3 fully saturated rings. The van der Waals surface area contributed by atoms with Gasteiger partial charge in [0.1, 0.15) is 10.7 Å². The summed E-state index contributed by atoms with van der Waals surface area (Å²) in [4.78, 5) is 19.5. The van der Waals surface area contributed by atoms with E-state index in [-0.39, 0.29) is 5.91 Å². The van der Waals surface area contributed by atoms with Crippen LogP contribution in [0.1, 0.15) is 41.8 Å². The molecule has 5 nitrogen and oxygen atoms in total. The third-order valence-electron chi connectivity index (χ3n) is 4.42. The Bertz CT molecular complexity index is 525. The summed E-state index contributed by atoms with van der Waals surface area (Å²) in [6.45, 7) is 0.909. The molecule has 102 valence electrons. The number of nitrogen functional groups attached to an aromatic ring is 1. The van der Waals surface area contributed by atoms with Gasteiger partial charge in [-0.15, -0.1) is 0 Å². The van der Waals surface area contributed by atoms with Crippen LogP contribution in [0.25, 0.3) is 0 Å². The van der Waals surface area contributed by atoms with E-state index in [4.69, 9.17) is 5.73 Å². The van der Waals surface area contributed by atoms with Crippen molar-refractivity contribution in [3.63, 3.8) is 0 Å². The Hall–Kier alpha value is -1.30. The molecule has 4 rings (SSSR count). The minimum Gasteiger partial charge on any atom is -0.382 e. The standard InChI is InChI=1S/C13H18N4OS/c14-11-10(19-13(16-11)15-8-2-3-8)12(18)17-6-7-1-4-9(17)5-7/h7-9H,1-6,14H2,(H,15,16). The number of likely N-dealkylation sites (tertiary alicyclic amines) is 1. The lowest BCUT2D eigenvalue weighted by Gasteiger charge is -2.26.